The van der Waals surface area contributed by atoms with E-state index in [1.807, 2.05) is 33.0 Å². The summed E-state index contributed by atoms with van der Waals surface area (Å²) in [4.78, 5) is 25.4. The van der Waals surface area contributed by atoms with Gasteiger partial charge in [-0.15, -0.1) is 0 Å². The molecule has 1 amide bonds. The maximum atomic E-state index is 12.0. The average Bonchev–Trinajstić information content (AvgIpc) is 3.33. The van der Waals surface area contributed by atoms with Gasteiger partial charge in [0.1, 0.15) is 11.4 Å². The molecule has 2 N–H and O–H groups in total. The third-order valence-electron chi connectivity index (χ3n) is 5.11. The molecule has 29 heavy (non-hydrogen) atoms. The van der Waals surface area contributed by atoms with Crippen LogP contribution in [0.3, 0.4) is 0 Å². The number of nitrogens with one attached hydrogen (secondary N) is 2. The van der Waals surface area contributed by atoms with Gasteiger partial charge >= 0.3 is 6.09 Å². The molecule has 3 heterocycles. The van der Waals surface area contributed by atoms with E-state index in [4.69, 9.17) is 4.74 Å². The largest absolute Gasteiger partial charge is 0.444 e. The smallest absolute Gasteiger partial charge is 0.407 e. The summed E-state index contributed by atoms with van der Waals surface area (Å²) in [6.07, 6.45) is 4.87. The van der Waals surface area contributed by atoms with Gasteiger partial charge in [0.25, 0.3) is 0 Å². The van der Waals surface area contributed by atoms with Crippen molar-refractivity contribution in [3.05, 3.63) is 23.9 Å². The number of ether oxygens (including phenoxy) is 1. The molecule has 3 rings (SSSR count). The molecular formula is C21H34N6O2. The normalized spacial score (nSPS) is 20.1. The highest BCUT2D eigenvalue weighted by Crippen LogP contribution is 2.18. The van der Waals surface area contributed by atoms with Crippen LogP contribution in [0.5, 0.6) is 0 Å². The van der Waals surface area contributed by atoms with Crippen molar-refractivity contribution in [1.82, 2.24) is 20.5 Å². The number of likely N-dealkylation sites (tertiary alicyclic amines) is 1. The van der Waals surface area contributed by atoms with Gasteiger partial charge in [-0.1, -0.05) is 0 Å². The first kappa shape index (κ1) is 21.2. The lowest BCUT2D eigenvalue weighted by molar-refractivity contribution is 0.0507. The quantitative estimate of drug-likeness (QED) is 0.594. The predicted molar refractivity (Wildman–Crippen MR) is 115 cm³/mol. The molecule has 0 radical (unpaired) electrons. The van der Waals surface area contributed by atoms with E-state index in [0.29, 0.717) is 13.1 Å². The van der Waals surface area contributed by atoms with Crippen LogP contribution in [-0.4, -0.2) is 66.8 Å². The lowest BCUT2D eigenvalue weighted by Gasteiger charge is -2.23. The summed E-state index contributed by atoms with van der Waals surface area (Å²) in [5, 5.41) is 6.40. The van der Waals surface area contributed by atoms with Crippen LogP contribution in [0.1, 0.15) is 45.6 Å². The van der Waals surface area contributed by atoms with Crippen LogP contribution in [-0.2, 0) is 11.3 Å². The Bertz CT molecular complexity index is 724. The van der Waals surface area contributed by atoms with Crippen molar-refractivity contribution >= 4 is 17.9 Å². The maximum Gasteiger partial charge on any atom is 0.407 e. The van der Waals surface area contributed by atoms with Crippen LogP contribution in [0, 0.1) is 0 Å². The number of amides is 1. The molecule has 2 fully saturated rings. The Hall–Kier alpha value is -2.51. The van der Waals surface area contributed by atoms with E-state index < -0.39 is 5.60 Å². The van der Waals surface area contributed by atoms with Gasteiger partial charge in [0.15, 0.2) is 5.96 Å². The van der Waals surface area contributed by atoms with Gasteiger partial charge in [0, 0.05) is 46.0 Å². The van der Waals surface area contributed by atoms with E-state index in [0.717, 1.165) is 37.8 Å². The second-order valence-electron chi connectivity index (χ2n) is 8.70. The number of pyridine rings is 1. The number of carbonyl (C=O) groups is 1. The third-order valence-corrected chi connectivity index (χ3v) is 5.11. The Balaban J connectivity index is 1.50. The van der Waals surface area contributed by atoms with Crippen LogP contribution in [0.15, 0.2) is 23.3 Å². The van der Waals surface area contributed by atoms with Crippen molar-refractivity contribution in [1.29, 1.82) is 0 Å². The molecule has 0 bridgehead atoms. The standard InChI is InChI=1S/C21H34N6O2/c1-21(2,3)29-20(28)25-17-8-12-27(15-17)19(22-4)24-14-16-7-9-23-18(13-16)26-10-5-6-11-26/h7,9,13,17H,5-6,8,10-12,14-15H2,1-4H3,(H,22,24)(H,25,28). The summed E-state index contributed by atoms with van der Waals surface area (Å²) in [7, 11) is 1.79. The predicted octanol–water partition coefficient (Wildman–Crippen LogP) is 2.36. The third kappa shape index (κ3) is 6.24. The zero-order valence-electron chi connectivity index (χ0n) is 18.1. The minimum atomic E-state index is -0.488. The number of guanidine groups is 1. The van der Waals surface area contributed by atoms with E-state index in [2.05, 4.69) is 36.5 Å². The van der Waals surface area contributed by atoms with Crippen molar-refractivity contribution in [3.63, 3.8) is 0 Å². The SMILES string of the molecule is CN=C(NCc1ccnc(N2CCCC2)c1)N1CCC(NC(=O)OC(C)(C)C)C1. The van der Waals surface area contributed by atoms with E-state index in [-0.39, 0.29) is 12.1 Å². The first-order valence-electron chi connectivity index (χ1n) is 10.5. The molecule has 1 aromatic heterocycles. The van der Waals surface area contributed by atoms with E-state index >= 15 is 0 Å². The van der Waals surface area contributed by atoms with Crippen LogP contribution in [0.25, 0.3) is 0 Å². The number of carbonyl (C=O) groups excluding carboxylic acids is 1. The molecule has 1 aromatic rings. The monoisotopic (exact) mass is 402 g/mol. The Labute approximate surface area is 173 Å². The molecule has 0 aliphatic carbocycles. The highest BCUT2D eigenvalue weighted by atomic mass is 16.6. The summed E-state index contributed by atoms with van der Waals surface area (Å²) in [6.45, 7) is 10.0. The first-order chi connectivity index (χ1) is 13.8. The van der Waals surface area contributed by atoms with E-state index in [1.165, 1.54) is 18.4 Å². The average molecular weight is 403 g/mol. The number of hydrogen-bond acceptors (Lipinski definition) is 5. The lowest BCUT2D eigenvalue weighted by atomic mass is 10.2. The van der Waals surface area contributed by atoms with E-state index in [9.17, 15) is 4.79 Å². The second-order valence-corrected chi connectivity index (χ2v) is 8.70. The topological polar surface area (TPSA) is 82.1 Å². The number of nitrogens with zero attached hydrogens (tertiary/aromatic N) is 4. The molecule has 0 aromatic carbocycles. The molecule has 8 heteroatoms. The molecular weight excluding hydrogens is 368 g/mol. The molecule has 2 saturated heterocycles. The zero-order chi connectivity index (χ0) is 20.9. The van der Waals surface area contributed by atoms with Crippen molar-refractivity contribution in [2.45, 2.75) is 58.2 Å². The number of hydrogen-bond donors (Lipinski definition) is 2. The van der Waals surface area contributed by atoms with Gasteiger partial charge in [-0.3, -0.25) is 4.99 Å². The van der Waals surface area contributed by atoms with Crippen molar-refractivity contribution < 1.29 is 9.53 Å². The summed E-state index contributed by atoms with van der Waals surface area (Å²) < 4.78 is 5.36. The van der Waals surface area contributed by atoms with Gasteiger partial charge in [0.2, 0.25) is 0 Å². The minimum Gasteiger partial charge on any atom is -0.444 e. The van der Waals surface area contributed by atoms with Crippen molar-refractivity contribution in [2.75, 3.05) is 38.1 Å². The summed E-state index contributed by atoms with van der Waals surface area (Å²) in [6, 6.07) is 4.25. The molecule has 2 aliphatic heterocycles. The molecule has 0 saturated carbocycles. The zero-order valence-corrected chi connectivity index (χ0v) is 18.1. The van der Waals surface area contributed by atoms with Crippen molar-refractivity contribution in [3.8, 4) is 0 Å². The summed E-state index contributed by atoms with van der Waals surface area (Å²) in [5.41, 5.74) is 0.698. The Morgan fingerprint density at radius 3 is 2.76 bits per heavy atom. The van der Waals surface area contributed by atoms with Gasteiger partial charge in [0.05, 0.1) is 6.04 Å². The Morgan fingerprint density at radius 2 is 2.07 bits per heavy atom. The van der Waals surface area contributed by atoms with Crippen molar-refractivity contribution in [2.24, 2.45) is 4.99 Å². The number of aliphatic imine (C=N–C) groups is 1. The van der Waals surface area contributed by atoms with E-state index in [1.54, 1.807) is 7.05 Å². The Kier molecular flexibility index (Phi) is 6.82. The lowest BCUT2D eigenvalue weighted by Crippen LogP contribution is -2.44. The fraction of sp³-hybridized carbons (Fsp3) is 0.667. The van der Waals surface area contributed by atoms with Gasteiger partial charge in [-0.2, -0.15) is 0 Å². The number of aromatic nitrogens is 1. The molecule has 8 nitrogen and oxygen atoms in total. The van der Waals surface area contributed by atoms with Gasteiger partial charge in [-0.25, -0.2) is 9.78 Å². The summed E-state index contributed by atoms with van der Waals surface area (Å²) >= 11 is 0. The molecule has 160 valence electrons. The van der Waals surface area contributed by atoms with Gasteiger partial charge < -0.3 is 25.2 Å². The first-order valence-corrected chi connectivity index (χ1v) is 10.5. The van der Waals surface area contributed by atoms with Gasteiger partial charge in [-0.05, 0) is 57.7 Å². The number of rotatable bonds is 4. The van der Waals surface area contributed by atoms with Crippen LogP contribution < -0.4 is 15.5 Å². The molecule has 1 unspecified atom stereocenters. The highest BCUT2D eigenvalue weighted by Gasteiger charge is 2.27. The number of alkyl carbamates (subject to hydrolysis) is 1. The van der Waals surface area contributed by atoms with Crippen LogP contribution >= 0.6 is 0 Å². The fourth-order valence-corrected chi connectivity index (χ4v) is 3.75. The second kappa shape index (κ2) is 9.33. The molecule has 2 aliphatic rings. The molecule has 1 atom stereocenters. The molecule has 0 spiro atoms. The maximum absolute atomic E-state index is 12.0. The number of anilines is 1. The van der Waals surface area contributed by atoms with Crippen LogP contribution in [0.4, 0.5) is 10.6 Å². The minimum absolute atomic E-state index is 0.0612. The highest BCUT2D eigenvalue weighted by molar-refractivity contribution is 5.80. The fourth-order valence-electron chi connectivity index (χ4n) is 3.75. The van der Waals surface area contributed by atoms with Crippen LogP contribution in [0.2, 0.25) is 0 Å². The Morgan fingerprint density at radius 1 is 1.31 bits per heavy atom. The summed E-state index contributed by atoms with van der Waals surface area (Å²) in [5.74, 6) is 1.90.